The van der Waals surface area contributed by atoms with Crippen LogP contribution in [0.3, 0.4) is 0 Å². The van der Waals surface area contributed by atoms with E-state index in [1.54, 1.807) is 0 Å². The molecule has 0 saturated carbocycles. The molecule has 0 aromatic heterocycles. The van der Waals surface area contributed by atoms with Crippen molar-refractivity contribution in [2.45, 2.75) is 19.4 Å². The van der Waals surface area contributed by atoms with E-state index in [0.717, 1.165) is 26.1 Å². The molecule has 4 heteroatoms. The maximum atomic E-state index is 10.1. The number of carboxylic acid groups (broad SMARTS) is 1. The van der Waals surface area contributed by atoms with Crippen molar-refractivity contribution in [1.29, 1.82) is 0 Å². The first kappa shape index (κ1) is 8.33. The summed E-state index contributed by atoms with van der Waals surface area (Å²) in [6, 6.07) is 0. The predicted octanol–water partition coefficient (Wildman–Crippen LogP) is 0.775. The van der Waals surface area contributed by atoms with E-state index in [2.05, 4.69) is 16.6 Å². The molecule has 4 nitrogen and oxygen atoms in total. The maximum absolute atomic E-state index is 10.1. The summed E-state index contributed by atoms with van der Waals surface area (Å²) >= 11 is 0. The van der Waals surface area contributed by atoms with Gasteiger partial charge in [0.1, 0.15) is 6.10 Å². The zero-order valence-corrected chi connectivity index (χ0v) is 6.62. The minimum absolute atomic E-state index is 0.104. The van der Waals surface area contributed by atoms with Crippen LogP contribution in [0.25, 0.3) is 0 Å². The highest BCUT2D eigenvalue weighted by Crippen LogP contribution is 2.11. The Morgan fingerprint density at radius 3 is 3.00 bits per heavy atom. The van der Waals surface area contributed by atoms with Gasteiger partial charge in [0, 0.05) is 13.1 Å². The molecule has 64 valence electrons. The van der Waals surface area contributed by atoms with Crippen molar-refractivity contribution >= 4 is 6.16 Å². The van der Waals surface area contributed by atoms with Gasteiger partial charge < -0.3 is 9.84 Å². The smallest absolute Gasteiger partial charge is 0.450 e. The van der Waals surface area contributed by atoms with Gasteiger partial charge in [-0.15, -0.1) is 0 Å². The number of hydrogen-bond acceptors (Lipinski definition) is 3. The molecule has 1 atom stereocenters. The highest BCUT2D eigenvalue weighted by atomic mass is 16.7. The molecule has 11 heavy (non-hydrogen) atoms. The second-order valence-electron chi connectivity index (χ2n) is 2.69. The molecular formula is C7H13NO3. The second-order valence-corrected chi connectivity index (χ2v) is 2.69. The third-order valence-corrected chi connectivity index (χ3v) is 1.94. The number of nitrogens with zero attached hydrogens (tertiary/aromatic N) is 1. The molecule has 0 aromatic rings. The SMILES string of the molecule is CCN1CCC(OC(=O)O)C1. The van der Waals surface area contributed by atoms with Gasteiger partial charge in [-0.25, -0.2) is 4.79 Å². The third-order valence-electron chi connectivity index (χ3n) is 1.94. The molecule has 1 N–H and O–H groups in total. The van der Waals surface area contributed by atoms with Crippen molar-refractivity contribution < 1.29 is 14.6 Å². The summed E-state index contributed by atoms with van der Waals surface area (Å²) < 4.78 is 4.62. The lowest BCUT2D eigenvalue weighted by Gasteiger charge is -2.11. The van der Waals surface area contributed by atoms with E-state index in [0.29, 0.717) is 0 Å². The fourth-order valence-corrected chi connectivity index (χ4v) is 1.32. The summed E-state index contributed by atoms with van der Waals surface area (Å²) in [7, 11) is 0. The van der Waals surface area contributed by atoms with Crippen molar-refractivity contribution in [3.05, 3.63) is 0 Å². The molecule has 0 radical (unpaired) electrons. The lowest BCUT2D eigenvalue weighted by atomic mass is 10.3. The molecule has 0 aliphatic carbocycles. The Bertz CT molecular complexity index is 149. The average molecular weight is 159 g/mol. The lowest BCUT2D eigenvalue weighted by Crippen LogP contribution is -2.24. The van der Waals surface area contributed by atoms with Crippen LogP contribution in [0.1, 0.15) is 13.3 Å². The molecule has 1 unspecified atom stereocenters. The van der Waals surface area contributed by atoms with E-state index in [-0.39, 0.29) is 6.10 Å². The monoisotopic (exact) mass is 159 g/mol. The number of hydrogen-bond donors (Lipinski definition) is 1. The van der Waals surface area contributed by atoms with E-state index >= 15 is 0 Å². The first-order valence-electron chi connectivity index (χ1n) is 3.84. The standard InChI is InChI=1S/C7H13NO3/c1-2-8-4-3-6(5-8)11-7(9)10/h6H,2-5H2,1H3,(H,9,10). The predicted molar refractivity (Wildman–Crippen MR) is 39.6 cm³/mol. The topological polar surface area (TPSA) is 49.8 Å². The van der Waals surface area contributed by atoms with Crippen LogP contribution in [-0.2, 0) is 4.74 Å². The largest absolute Gasteiger partial charge is 0.506 e. The first-order chi connectivity index (χ1) is 5.22. The highest BCUT2D eigenvalue weighted by Gasteiger charge is 2.23. The van der Waals surface area contributed by atoms with Crippen LogP contribution >= 0.6 is 0 Å². The Kier molecular flexibility index (Phi) is 2.70. The van der Waals surface area contributed by atoms with Crippen molar-refractivity contribution in [3.8, 4) is 0 Å². The lowest BCUT2D eigenvalue weighted by molar-refractivity contribution is 0.0553. The molecule has 1 saturated heterocycles. The van der Waals surface area contributed by atoms with Crippen LogP contribution in [0.4, 0.5) is 4.79 Å². The highest BCUT2D eigenvalue weighted by molar-refractivity contribution is 5.57. The normalized spacial score (nSPS) is 25.4. The molecule has 0 aromatic carbocycles. The van der Waals surface area contributed by atoms with E-state index in [1.165, 1.54) is 0 Å². The minimum Gasteiger partial charge on any atom is -0.450 e. The molecule has 1 rings (SSSR count). The van der Waals surface area contributed by atoms with Crippen molar-refractivity contribution in [1.82, 2.24) is 4.90 Å². The number of likely N-dealkylation sites (tertiary alicyclic amines) is 1. The van der Waals surface area contributed by atoms with Crippen molar-refractivity contribution in [2.24, 2.45) is 0 Å². The molecular weight excluding hydrogens is 146 g/mol. The molecule has 1 aliphatic heterocycles. The minimum atomic E-state index is -1.16. The third kappa shape index (κ3) is 2.38. The van der Waals surface area contributed by atoms with Gasteiger partial charge in [-0.1, -0.05) is 6.92 Å². The Morgan fingerprint density at radius 1 is 1.82 bits per heavy atom. The number of rotatable bonds is 2. The van der Waals surface area contributed by atoms with Gasteiger partial charge in [-0.05, 0) is 13.0 Å². The van der Waals surface area contributed by atoms with Crippen LogP contribution in [-0.4, -0.2) is 41.9 Å². The van der Waals surface area contributed by atoms with E-state index < -0.39 is 6.16 Å². The summed E-state index contributed by atoms with van der Waals surface area (Å²) in [5, 5.41) is 8.29. The van der Waals surface area contributed by atoms with Crippen LogP contribution in [0.15, 0.2) is 0 Å². The summed E-state index contributed by atoms with van der Waals surface area (Å²) in [5.74, 6) is 0. The van der Waals surface area contributed by atoms with Gasteiger partial charge in [0.25, 0.3) is 0 Å². The molecule has 1 fully saturated rings. The van der Waals surface area contributed by atoms with Crippen LogP contribution in [0, 0.1) is 0 Å². The Morgan fingerprint density at radius 2 is 2.55 bits per heavy atom. The molecule has 0 spiro atoms. The zero-order chi connectivity index (χ0) is 8.27. The van der Waals surface area contributed by atoms with Crippen molar-refractivity contribution in [2.75, 3.05) is 19.6 Å². The van der Waals surface area contributed by atoms with E-state index in [1.807, 2.05) is 0 Å². The van der Waals surface area contributed by atoms with Gasteiger partial charge in [0.15, 0.2) is 0 Å². The summed E-state index contributed by atoms with van der Waals surface area (Å²) in [6.45, 7) is 4.74. The number of likely N-dealkylation sites (N-methyl/N-ethyl adjacent to an activating group) is 1. The first-order valence-corrected chi connectivity index (χ1v) is 3.84. The number of ether oxygens (including phenoxy) is 1. The van der Waals surface area contributed by atoms with Crippen LogP contribution < -0.4 is 0 Å². The van der Waals surface area contributed by atoms with E-state index in [9.17, 15) is 4.79 Å². The molecule has 0 bridgehead atoms. The summed E-state index contributed by atoms with van der Waals surface area (Å²) in [4.78, 5) is 12.3. The zero-order valence-electron chi connectivity index (χ0n) is 6.62. The summed E-state index contributed by atoms with van der Waals surface area (Å²) in [6.07, 6.45) is -0.430. The maximum Gasteiger partial charge on any atom is 0.506 e. The Labute approximate surface area is 65.8 Å². The van der Waals surface area contributed by atoms with Gasteiger partial charge in [-0.2, -0.15) is 0 Å². The fourth-order valence-electron chi connectivity index (χ4n) is 1.32. The fraction of sp³-hybridized carbons (Fsp3) is 0.857. The van der Waals surface area contributed by atoms with Crippen LogP contribution in [0.2, 0.25) is 0 Å². The number of carbonyl (C=O) groups is 1. The summed E-state index contributed by atoms with van der Waals surface area (Å²) in [5.41, 5.74) is 0. The molecule has 0 amide bonds. The van der Waals surface area contributed by atoms with Crippen molar-refractivity contribution in [3.63, 3.8) is 0 Å². The molecule has 1 heterocycles. The van der Waals surface area contributed by atoms with E-state index in [4.69, 9.17) is 5.11 Å². The second kappa shape index (κ2) is 3.57. The van der Waals surface area contributed by atoms with Gasteiger partial charge in [0.2, 0.25) is 0 Å². The van der Waals surface area contributed by atoms with Gasteiger partial charge in [0.05, 0.1) is 0 Å². The van der Waals surface area contributed by atoms with Crippen LogP contribution in [0.5, 0.6) is 0 Å². The Balaban J connectivity index is 2.24. The average Bonchev–Trinajstić information content (AvgIpc) is 2.34. The molecule has 1 aliphatic rings. The quantitative estimate of drug-likeness (QED) is 0.605. The van der Waals surface area contributed by atoms with Gasteiger partial charge in [-0.3, -0.25) is 4.90 Å². The Hall–Kier alpha value is -0.770. The van der Waals surface area contributed by atoms with Gasteiger partial charge >= 0.3 is 6.16 Å².